The molecular formula is C18H20O5S. The largest absolute Gasteiger partial charge is 0.481 e. The zero-order chi connectivity index (χ0) is 17.6. The molecule has 2 aromatic carbocycles. The highest BCUT2D eigenvalue weighted by Crippen LogP contribution is 2.22. The van der Waals surface area contributed by atoms with Gasteiger partial charge in [0.2, 0.25) is 0 Å². The Morgan fingerprint density at radius 1 is 1.00 bits per heavy atom. The van der Waals surface area contributed by atoms with Gasteiger partial charge in [0.25, 0.3) is 0 Å². The van der Waals surface area contributed by atoms with Gasteiger partial charge in [-0.2, -0.15) is 0 Å². The van der Waals surface area contributed by atoms with E-state index in [9.17, 15) is 13.2 Å². The fourth-order valence-corrected chi connectivity index (χ4v) is 3.64. The van der Waals surface area contributed by atoms with E-state index in [1.54, 1.807) is 43.5 Å². The number of rotatable bonds is 8. The summed E-state index contributed by atoms with van der Waals surface area (Å²) in [6, 6.07) is 13.9. The van der Waals surface area contributed by atoms with Crippen LogP contribution in [0.4, 0.5) is 0 Å². The van der Waals surface area contributed by atoms with Crippen molar-refractivity contribution in [3.63, 3.8) is 0 Å². The Balaban J connectivity index is 2.12. The van der Waals surface area contributed by atoms with E-state index >= 15 is 0 Å². The second kappa shape index (κ2) is 8.08. The van der Waals surface area contributed by atoms with Crippen molar-refractivity contribution >= 4 is 15.8 Å². The lowest BCUT2D eigenvalue weighted by molar-refractivity contribution is -0.136. The minimum Gasteiger partial charge on any atom is -0.481 e. The van der Waals surface area contributed by atoms with E-state index in [4.69, 9.17) is 9.84 Å². The summed E-state index contributed by atoms with van der Waals surface area (Å²) >= 11 is 0. The first-order valence-electron chi connectivity index (χ1n) is 7.55. The van der Waals surface area contributed by atoms with Crippen molar-refractivity contribution in [2.24, 2.45) is 0 Å². The minimum atomic E-state index is -3.30. The van der Waals surface area contributed by atoms with Gasteiger partial charge in [0.15, 0.2) is 9.84 Å². The topological polar surface area (TPSA) is 80.7 Å². The smallest absolute Gasteiger partial charge is 0.307 e. The summed E-state index contributed by atoms with van der Waals surface area (Å²) in [5, 5.41) is 8.77. The first-order valence-corrected chi connectivity index (χ1v) is 9.20. The predicted octanol–water partition coefficient (Wildman–Crippen LogP) is 2.79. The molecule has 24 heavy (non-hydrogen) atoms. The minimum absolute atomic E-state index is 0.0149. The number of methoxy groups -OCH3 is 1. The van der Waals surface area contributed by atoms with Crippen LogP contribution in [0.15, 0.2) is 53.4 Å². The van der Waals surface area contributed by atoms with Crippen molar-refractivity contribution < 1.29 is 23.1 Å². The van der Waals surface area contributed by atoms with E-state index in [0.29, 0.717) is 17.9 Å². The van der Waals surface area contributed by atoms with Crippen LogP contribution in [0.25, 0.3) is 11.1 Å². The summed E-state index contributed by atoms with van der Waals surface area (Å²) < 4.78 is 29.3. The molecule has 1 N–H and O–H groups in total. The highest BCUT2D eigenvalue weighted by molar-refractivity contribution is 7.91. The number of sulfone groups is 1. The zero-order valence-corrected chi connectivity index (χ0v) is 14.3. The second-order valence-electron chi connectivity index (χ2n) is 5.46. The molecule has 5 nitrogen and oxygen atoms in total. The van der Waals surface area contributed by atoms with Gasteiger partial charge in [-0.3, -0.25) is 4.79 Å². The van der Waals surface area contributed by atoms with Crippen molar-refractivity contribution in [1.82, 2.24) is 0 Å². The number of benzene rings is 2. The average Bonchev–Trinajstić information content (AvgIpc) is 2.55. The van der Waals surface area contributed by atoms with Crippen LogP contribution in [0.5, 0.6) is 0 Å². The van der Waals surface area contributed by atoms with E-state index < -0.39 is 15.8 Å². The molecule has 0 spiro atoms. The number of carbonyl (C=O) groups is 1. The molecule has 0 aliphatic heterocycles. The lowest BCUT2D eigenvalue weighted by Gasteiger charge is -2.07. The van der Waals surface area contributed by atoms with Crippen LogP contribution in [0.3, 0.4) is 0 Å². The van der Waals surface area contributed by atoms with Gasteiger partial charge >= 0.3 is 5.97 Å². The SMILES string of the molecule is COCCCS(=O)(=O)c1ccc(-c2ccc(CC(=O)O)cc2)cc1. The van der Waals surface area contributed by atoms with Gasteiger partial charge in [-0.25, -0.2) is 8.42 Å². The van der Waals surface area contributed by atoms with Gasteiger partial charge < -0.3 is 9.84 Å². The lowest BCUT2D eigenvalue weighted by atomic mass is 10.0. The number of hydrogen-bond acceptors (Lipinski definition) is 4. The highest BCUT2D eigenvalue weighted by Gasteiger charge is 2.14. The second-order valence-corrected chi connectivity index (χ2v) is 7.57. The van der Waals surface area contributed by atoms with Crippen LogP contribution in [-0.2, 0) is 25.8 Å². The van der Waals surface area contributed by atoms with Gasteiger partial charge in [-0.15, -0.1) is 0 Å². The molecule has 0 amide bonds. The van der Waals surface area contributed by atoms with Crippen LogP contribution in [-0.4, -0.2) is 39.0 Å². The van der Waals surface area contributed by atoms with Gasteiger partial charge in [0.1, 0.15) is 0 Å². The Labute approximate surface area is 141 Å². The van der Waals surface area contributed by atoms with Crippen molar-refractivity contribution in [2.45, 2.75) is 17.7 Å². The quantitative estimate of drug-likeness (QED) is 0.742. The molecule has 2 aromatic rings. The molecule has 0 unspecified atom stereocenters. The normalized spacial score (nSPS) is 11.4. The average molecular weight is 348 g/mol. The maximum Gasteiger partial charge on any atom is 0.307 e. The fourth-order valence-electron chi connectivity index (χ4n) is 2.36. The Morgan fingerprint density at radius 2 is 1.54 bits per heavy atom. The summed E-state index contributed by atoms with van der Waals surface area (Å²) in [6.07, 6.45) is 0.449. The summed E-state index contributed by atoms with van der Waals surface area (Å²) in [6.45, 7) is 0.417. The molecule has 0 saturated heterocycles. The summed E-state index contributed by atoms with van der Waals surface area (Å²) in [5.74, 6) is -0.810. The van der Waals surface area contributed by atoms with Crippen molar-refractivity contribution in [3.8, 4) is 11.1 Å². The maximum absolute atomic E-state index is 12.2. The van der Waals surface area contributed by atoms with Crippen LogP contribution >= 0.6 is 0 Å². The zero-order valence-electron chi connectivity index (χ0n) is 13.4. The molecule has 0 heterocycles. The Kier molecular flexibility index (Phi) is 6.11. The summed E-state index contributed by atoms with van der Waals surface area (Å²) in [5.41, 5.74) is 2.52. The first-order chi connectivity index (χ1) is 11.4. The first kappa shape index (κ1) is 18.2. The molecular weight excluding hydrogens is 328 g/mol. The van der Waals surface area contributed by atoms with Crippen molar-refractivity contribution in [1.29, 1.82) is 0 Å². The molecule has 0 atom stereocenters. The van der Waals surface area contributed by atoms with Crippen LogP contribution < -0.4 is 0 Å². The highest BCUT2D eigenvalue weighted by atomic mass is 32.2. The molecule has 2 rings (SSSR count). The molecule has 0 aliphatic carbocycles. The van der Waals surface area contributed by atoms with Crippen LogP contribution in [0.2, 0.25) is 0 Å². The van der Waals surface area contributed by atoms with Gasteiger partial charge in [-0.1, -0.05) is 36.4 Å². The molecule has 0 radical (unpaired) electrons. The number of ether oxygens (including phenoxy) is 1. The summed E-state index contributed by atoms with van der Waals surface area (Å²) in [7, 11) is -1.75. The third-order valence-corrected chi connectivity index (χ3v) is 5.43. The predicted molar refractivity (Wildman–Crippen MR) is 91.8 cm³/mol. The number of aliphatic carboxylic acids is 1. The molecule has 0 bridgehead atoms. The van der Waals surface area contributed by atoms with Crippen molar-refractivity contribution in [2.75, 3.05) is 19.5 Å². The van der Waals surface area contributed by atoms with Gasteiger partial charge in [-0.05, 0) is 35.2 Å². The van der Waals surface area contributed by atoms with E-state index in [1.807, 2.05) is 12.1 Å². The van der Waals surface area contributed by atoms with E-state index in [0.717, 1.165) is 16.7 Å². The Bertz CT molecular complexity index is 777. The standard InChI is InChI=1S/C18H20O5S/c1-23-11-2-12-24(21,22)17-9-7-16(8-10-17)15-5-3-14(4-6-15)13-18(19)20/h3-10H,2,11-13H2,1H3,(H,19,20). The molecule has 0 fully saturated rings. The molecule has 6 heteroatoms. The molecule has 0 saturated carbocycles. The Hall–Kier alpha value is -2.18. The summed E-state index contributed by atoms with van der Waals surface area (Å²) in [4.78, 5) is 11.0. The fraction of sp³-hybridized carbons (Fsp3) is 0.278. The van der Waals surface area contributed by atoms with Crippen LogP contribution in [0.1, 0.15) is 12.0 Å². The molecule has 0 aliphatic rings. The number of carboxylic acid groups (broad SMARTS) is 1. The number of carboxylic acids is 1. The third kappa shape index (κ3) is 4.91. The monoisotopic (exact) mass is 348 g/mol. The van der Waals surface area contributed by atoms with Gasteiger partial charge in [0.05, 0.1) is 17.1 Å². The van der Waals surface area contributed by atoms with E-state index in [2.05, 4.69) is 0 Å². The number of hydrogen-bond donors (Lipinski definition) is 1. The van der Waals surface area contributed by atoms with Crippen molar-refractivity contribution in [3.05, 3.63) is 54.1 Å². The molecule has 0 aromatic heterocycles. The lowest BCUT2D eigenvalue weighted by Crippen LogP contribution is -2.08. The maximum atomic E-state index is 12.2. The third-order valence-electron chi connectivity index (χ3n) is 3.62. The van der Waals surface area contributed by atoms with Crippen LogP contribution in [0, 0.1) is 0 Å². The van der Waals surface area contributed by atoms with E-state index in [1.165, 1.54) is 0 Å². The molecule has 128 valence electrons. The Morgan fingerprint density at radius 3 is 2.04 bits per heavy atom. The van der Waals surface area contributed by atoms with Gasteiger partial charge in [0, 0.05) is 13.7 Å². The van der Waals surface area contributed by atoms with E-state index in [-0.39, 0.29) is 12.2 Å².